The van der Waals surface area contributed by atoms with Gasteiger partial charge in [0, 0.05) is 74.8 Å². The third kappa shape index (κ3) is 23.8. The van der Waals surface area contributed by atoms with Crippen molar-refractivity contribution in [2.45, 2.75) is 188 Å². The van der Waals surface area contributed by atoms with Crippen molar-refractivity contribution in [3.8, 4) is 34.5 Å². The molecule has 6 saturated carbocycles. The maximum atomic E-state index is 11.2. The van der Waals surface area contributed by atoms with Crippen LogP contribution in [0.5, 0.6) is 34.5 Å². The molecule has 0 saturated heterocycles. The predicted molar refractivity (Wildman–Crippen MR) is 431 cm³/mol. The number of rotatable bonds is 21. The lowest BCUT2D eigenvalue weighted by molar-refractivity contribution is -0.0621. The number of phenolic OH excluding ortho intramolecular Hbond substituents is 3. The number of ether oxygens (including phenoxy) is 3. The predicted octanol–water partition coefficient (Wildman–Crippen LogP) is 13.5. The molecule has 0 radical (unpaired) electrons. The van der Waals surface area contributed by atoms with Gasteiger partial charge in [0.25, 0.3) is 0 Å². The first-order chi connectivity index (χ1) is 51.3. The highest BCUT2D eigenvalue weighted by molar-refractivity contribution is 5.38. The Morgan fingerprint density at radius 3 is 0.692 bits per heavy atom. The molecule has 0 spiro atoms. The molecule has 18 nitrogen and oxygen atoms in total. The first kappa shape index (κ1) is 87.9. The zero-order valence-electron chi connectivity index (χ0n) is 66.7. The van der Waals surface area contributed by atoms with Gasteiger partial charge >= 0.3 is 0 Å². The summed E-state index contributed by atoms with van der Waals surface area (Å²) in [5.74, 6) is 4.68. The number of nitrogens with one attached hydrogen (secondary N) is 4. The van der Waals surface area contributed by atoms with Gasteiger partial charge in [-0.1, -0.05) is 150 Å². The van der Waals surface area contributed by atoms with Gasteiger partial charge in [-0.05, 0) is 240 Å². The van der Waals surface area contributed by atoms with Crippen molar-refractivity contribution >= 4 is 0 Å². The lowest BCUT2D eigenvalue weighted by atomic mass is 9.71. The molecular weight excluding hydrogens is 1350 g/mol. The van der Waals surface area contributed by atoms with E-state index in [9.17, 15) is 46.0 Å². The van der Waals surface area contributed by atoms with E-state index in [1.807, 2.05) is 139 Å². The Kier molecular flexibility index (Phi) is 35.1. The number of methoxy groups -OCH3 is 3. The van der Waals surface area contributed by atoms with Crippen LogP contribution in [0.15, 0.2) is 146 Å². The molecule has 6 aromatic carbocycles. The standard InChI is InChI=1S/C16H25NO2.3C15H23NO2.2C14H21NO2/c1-17(2)12-14-7-4-5-10-16(14,18)13-8-6-9-15(11-13)19-3;2*1-16-11-13-6-3-4-9-15(13,17)12-7-5-8-14(10-12)18-2;1-16(2)11-13-6-3-4-9-15(13,18)12-7-5-8-14(17)10-12;2*1-15-10-12-5-2-3-8-14(12,17)11-6-4-7-13(16)9-11/h6,8-9,11,14,18H,4-5,7,10,12H2,1-3H3;2*5,7-8,10,13,16-17H,3-4,6,9,11H2,1-2H3;5,7-8,10,13,17-18H,3-4,6,9,11H2,1-2H3;2*4,6-7,9,12,15-17H,2-3,5,8,10H2,1H3/t14-,16+;3*13-,15+;2*12-,14+/m111111/s1. The molecule has 12 atom stereocenters. The summed E-state index contributed by atoms with van der Waals surface area (Å²) in [6, 6.07) is 44.8. The van der Waals surface area contributed by atoms with Gasteiger partial charge in [0.05, 0.1) is 54.9 Å². The van der Waals surface area contributed by atoms with Gasteiger partial charge in [0.1, 0.15) is 34.5 Å². The summed E-state index contributed by atoms with van der Waals surface area (Å²) >= 11 is 0. The molecule has 12 rings (SSSR count). The van der Waals surface area contributed by atoms with Gasteiger partial charge in [0.15, 0.2) is 0 Å². The molecular formula is C89H136N6O12. The summed E-state index contributed by atoms with van der Waals surface area (Å²) < 4.78 is 15.8. The second-order valence-corrected chi connectivity index (χ2v) is 31.8. The van der Waals surface area contributed by atoms with Crippen molar-refractivity contribution in [1.82, 2.24) is 31.1 Å². The zero-order valence-corrected chi connectivity index (χ0v) is 66.7. The molecule has 18 heteroatoms. The number of nitrogens with zero attached hydrogens (tertiary/aromatic N) is 2. The molecule has 0 heterocycles. The Labute approximate surface area is 641 Å². The Hall–Kier alpha value is -6.36. The fourth-order valence-electron chi connectivity index (χ4n) is 18.1. The number of hydrogen-bond acceptors (Lipinski definition) is 18. The van der Waals surface area contributed by atoms with Crippen LogP contribution < -0.4 is 35.5 Å². The summed E-state index contributed by atoms with van der Waals surface area (Å²) in [5, 5.41) is 108. The summed E-state index contributed by atoms with van der Waals surface area (Å²) in [7, 11) is 20.9. The lowest BCUT2D eigenvalue weighted by Gasteiger charge is -2.41. The van der Waals surface area contributed by atoms with Crippen LogP contribution in [0.4, 0.5) is 0 Å². The van der Waals surface area contributed by atoms with Crippen LogP contribution in [0, 0.1) is 35.5 Å². The Balaban J connectivity index is 0.000000179. The molecule has 0 unspecified atom stereocenters. The van der Waals surface area contributed by atoms with Crippen molar-refractivity contribution in [1.29, 1.82) is 0 Å². The Morgan fingerprint density at radius 1 is 0.299 bits per heavy atom. The molecule has 6 aliphatic rings. The number of hydrogen-bond donors (Lipinski definition) is 13. The van der Waals surface area contributed by atoms with E-state index in [-0.39, 0.29) is 46.8 Å². The molecule has 107 heavy (non-hydrogen) atoms. The average Bonchev–Trinajstić information content (AvgIpc) is 0.792. The van der Waals surface area contributed by atoms with Gasteiger partial charge in [0.2, 0.25) is 0 Å². The zero-order chi connectivity index (χ0) is 77.7. The van der Waals surface area contributed by atoms with Crippen LogP contribution in [0.2, 0.25) is 0 Å². The molecule has 594 valence electrons. The highest BCUT2D eigenvalue weighted by Gasteiger charge is 2.46. The van der Waals surface area contributed by atoms with Crippen LogP contribution in [-0.4, -0.2) is 173 Å². The van der Waals surface area contributed by atoms with Crippen LogP contribution in [0.1, 0.15) is 187 Å². The molecule has 6 fully saturated rings. The maximum Gasteiger partial charge on any atom is 0.119 e. The second-order valence-electron chi connectivity index (χ2n) is 31.8. The van der Waals surface area contributed by atoms with Gasteiger partial charge < -0.3 is 91.2 Å². The first-order valence-electron chi connectivity index (χ1n) is 39.9. The summed E-state index contributed by atoms with van der Waals surface area (Å²) in [5.41, 5.74) is 1.01. The summed E-state index contributed by atoms with van der Waals surface area (Å²) in [6.07, 6.45) is 24.8. The van der Waals surface area contributed by atoms with Gasteiger partial charge in [-0.25, -0.2) is 0 Å². The van der Waals surface area contributed by atoms with E-state index in [1.165, 1.54) is 38.5 Å². The normalized spacial score (nSPS) is 28.4. The molecule has 6 aliphatic carbocycles. The van der Waals surface area contributed by atoms with Crippen LogP contribution in [0.25, 0.3) is 0 Å². The highest BCUT2D eigenvalue weighted by Crippen LogP contribution is 2.48. The third-order valence-corrected chi connectivity index (χ3v) is 23.9. The van der Waals surface area contributed by atoms with Crippen LogP contribution in [-0.2, 0) is 33.6 Å². The second kappa shape index (κ2) is 42.7. The number of aromatic hydroxyl groups is 3. The Morgan fingerprint density at radius 2 is 0.495 bits per heavy atom. The summed E-state index contributed by atoms with van der Waals surface area (Å²) in [4.78, 5) is 4.30. The van der Waals surface area contributed by atoms with E-state index in [1.54, 1.807) is 69.9 Å². The van der Waals surface area contributed by atoms with Gasteiger partial charge in [-0.15, -0.1) is 0 Å². The van der Waals surface area contributed by atoms with Crippen molar-refractivity contribution in [2.75, 3.05) is 117 Å². The highest BCUT2D eigenvalue weighted by atomic mass is 16.5. The molecule has 0 aliphatic heterocycles. The van der Waals surface area contributed by atoms with E-state index in [4.69, 9.17) is 14.2 Å². The molecule has 0 amide bonds. The van der Waals surface area contributed by atoms with Gasteiger partial charge in [-0.3, -0.25) is 0 Å². The quantitative estimate of drug-likeness (QED) is 0.0319. The molecule has 0 aromatic heterocycles. The molecule has 0 bridgehead atoms. The molecule has 13 N–H and O–H groups in total. The molecule has 6 aromatic rings. The van der Waals surface area contributed by atoms with E-state index < -0.39 is 33.6 Å². The van der Waals surface area contributed by atoms with E-state index in [2.05, 4.69) is 45.2 Å². The third-order valence-electron chi connectivity index (χ3n) is 23.9. The number of phenols is 3. The first-order valence-corrected chi connectivity index (χ1v) is 39.9. The minimum Gasteiger partial charge on any atom is -0.508 e. The summed E-state index contributed by atoms with van der Waals surface area (Å²) in [6.45, 7) is 5.14. The topological polar surface area (TPSA) is 264 Å². The van der Waals surface area contributed by atoms with E-state index >= 15 is 0 Å². The number of aliphatic hydroxyl groups is 6. The average molecular weight is 1480 g/mol. The monoisotopic (exact) mass is 1480 g/mol. The Bertz CT molecular complexity index is 3390. The number of benzene rings is 6. The smallest absolute Gasteiger partial charge is 0.119 e. The SMILES string of the molecule is CN(C)C[C@H]1CCCC[C@]1(O)c1cccc(O)c1.CNC[C@H]1CCCC[C@]1(O)c1cccc(O)c1.CNC[C@H]1CCCC[C@]1(O)c1cccc(O)c1.CNC[C@H]1CCCC[C@]1(O)c1cccc(OC)c1.CNC[C@H]1CCCC[C@]1(O)c1cccc(OC)c1.COc1cccc([C@@]2(O)CCCC[C@@H]2CN(C)C)c1. The van der Waals surface area contributed by atoms with Crippen molar-refractivity contribution < 1.29 is 60.2 Å². The fourth-order valence-corrected chi connectivity index (χ4v) is 18.1. The van der Waals surface area contributed by atoms with Gasteiger partial charge in [-0.2, -0.15) is 0 Å². The van der Waals surface area contributed by atoms with Crippen molar-refractivity contribution in [2.24, 2.45) is 35.5 Å². The largest absolute Gasteiger partial charge is 0.508 e. The van der Waals surface area contributed by atoms with E-state index in [0.717, 1.165) is 205 Å². The van der Waals surface area contributed by atoms with Crippen molar-refractivity contribution in [3.05, 3.63) is 179 Å². The van der Waals surface area contributed by atoms with Crippen LogP contribution >= 0.6 is 0 Å². The minimum atomic E-state index is -0.792. The maximum absolute atomic E-state index is 11.2. The lowest BCUT2D eigenvalue weighted by Crippen LogP contribution is -2.43. The van der Waals surface area contributed by atoms with Crippen molar-refractivity contribution in [3.63, 3.8) is 0 Å². The van der Waals surface area contributed by atoms with E-state index in [0.29, 0.717) is 5.92 Å². The van der Waals surface area contributed by atoms with Crippen LogP contribution in [0.3, 0.4) is 0 Å². The minimum absolute atomic E-state index is 0.225. The fraction of sp³-hybridized carbons (Fsp3) is 0.596.